The van der Waals surface area contributed by atoms with Crippen LogP contribution in [-0.4, -0.2) is 62.0 Å². The van der Waals surface area contributed by atoms with Gasteiger partial charge in [-0.1, -0.05) is 0 Å². The van der Waals surface area contributed by atoms with Crippen molar-refractivity contribution in [3.63, 3.8) is 0 Å². The first-order valence-corrected chi connectivity index (χ1v) is 11.7. The van der Waals surface area contributed by atoms with Gasteiger partial charge < -0.3 is 24.6 Å². The Hall–Kier alpha value is -3.70. The molecule has 9 nitrogen and oxygen atoms in total. The molecule has 1 atom stereocenters. The molecule has 5 rings (SSSR count). The first-order valence-electron chi connectivity index (χ1n) is 11.7. The molecule has 36 heavy (non-hydrogen) atoms. The van der Waals surface area contributed by atoms with E-state index in [9.17, 15) is 13.9 Å². The Bertz CT molecular complexity index is 1390. The summed E-state index contributed by atoms with van der Waals surface area (Å²) in [6.45, 7) is 7.43. The second kappa shape index (κ2) is 9.75. The van der Waals surface area contributed by atoms with Gasteiger partial charge in [-0.2, -0.15) is 0 Å². The molecule has 188 valence electrons. The van der Waals surface area contributed by atoms with Gasteiger partial charge in [0.25, 0.3) is 0 Å². The van der Waals surface area contributed by atoms with Gasteiger partial charge in [0, 0.05) is 18.2 Å². The van der Waals surface area contributed by atoms with Crippen molar-refractivity contribution in [2.24, 2.45) is 0 Å². The number of aliphatic hydroxyl groups excluding tert-OH is 1. The van der Waals surface area contributed by atoms with E-state index in [0.29, 0.717) is 36.9 Å². The Kier molecular flexibility index (Phi) is 6.50. The Labute approximate surface area is 206 Å². The van der Waals surface area contributed by atoms with Gasteiger partial charge in [-0.25, -0.2) is 28.7 Å². The average molecular weight is 496 g/mol. The molecule has 4 aromatic rings. The normalized spacial score (nSPS) is 16.2. The summed E-state index contributed by atoms with van der Waals surface area (Å²) < 4.78 is 37.0. The predicted octanol–water partition coefficient (Wildman–Crippen LogP) is 4.00. The molecule has 0 amide bonds. The van der Waals surface area contributed by atoms with Crippen molar-refractivity contribution in [1.82, 2.24) is 24.5 Å². The van der Waals surface area contributed by atoms with Crippen LogP contribution < -0.4 is 10.2 Å². The summed E-state index contributed by atoms with van der Waals surface area (Å²) in [5.74, 6) is 0.0513. The molecule has 0 saturated carbocycles. The standard InChI is InChI=1S/C25H27F2N7O2/c1-14(2)34-15(3)30-24-19(26)8-16(9-21(24)34)23-20(27)11-29-25(32-23)31-22-5-4-17(10-28-22)33-6-7-36-13-18(33)12-35/h4-5,8-11,14,18,35H,6-7,12-13H2,1-3H3,(H,28,29,31,32)/t18-/m1/s1. The van der Waals surface area contributed by atoms with Gasteiger partial charge in [0.05, 0.1) is 49.5 Å². The molecule has 0 bridgehead atoms. The van der Waals surface area contributed by atoms with Crippen LogP contribution in [0.15, 0.2) is 36.7 Å². The maximum absolute atomic E-state index is 14.9. The molecule has 1 aromatic carbocycles. The molecule has 0 unspecified atom stereocenters. The van der Waals surface area contributed by atoms with E-state index >= 15 is 0 Å². The maximum atomic E-state index is 14.9. The van der Waals surface area contributed by atoms with Crippen LogP contribution >= 0.6 is 0 Å². The Balaban J connectivity index is 1.43. The van der Waals surface area contributed by atoms with Crippen molar-refractivity contribution >= 4 is 28.5 Å². The monoisotopic (exact) mass is 495 g/mol. The van der Waals surface area contributed by atoms with Crippen LogP contribution in [0.25, 0.3) is 22.3 Å². The van der Waals surface area contributed by atoms with Crippen molar-refractivity contribution < 1.29 is 18.6 Å². The number of halogens is 2. The van der Waals surface area contributed by atoms with Crippen LogP contribution in [0.3, 0.4) is 0 Å². The highest BCUT2D eigenvalue weighted by Gasteiger charge is 2.23. The zero-order valence-electron chi connectivity index (χ0n) is 20.2. The van der Waals surface area contributed by atoms with Crippen molar-refractivity contribution in [1.29, 1.82) is 0 Å². The number of hydrogen-bond acceptors (Lipinski definition) is 8. The van der Waals surface area contributed by atoms with Crippen molar-refractivity contribution in [3.8, 4) is 11.3 Å². The lowest BCUT2D eigenvalue weighted by molar-refractivity contribution is 0.0727. The fourth-order valence-electron chi connectivity index (χ4n) is 4.58. The zero-order chi connectivity index (χ0) is 25.4. The smallest absolute Gasteiger partial charge is 0.229 e. The third kappa shape index (κ3) is 4.47. The highest BCUT2D eigenvalue weighted by atomic mass is 19.1. The minimum Gasteiger partial charge on any atom is -0.394 e. The number of pyridine rings is 1. The van der Waals surface area contributed by atoms with E-state index in [0.717, 1.165) is 11.9 Å². The van der Waals surface area contributed by atoms with E-state index in [1.165, 1.54) is 6.07 Å². The highest BCUT2D eigenvalue weighted by molar-refractivity contribution is 5.83. The predicted molar refractivity (Wildman–Crippen MR) is 132 cm³/mol. The molecule has 0 aliphatic carbocycles. The van der Waals surface area contributed by atoms with Crippen molar-refractivity contribution in [3.05, 3.63) is 54.1 Å². The lowest BCUT2D eigenvalue weighted by Crippen LogP contribution is -2.47. The fraction of sp³-hybridized carbons (Fsp3) is 0.360. The van der Waals surface area contributed by atoms with Gasteiger partial charge in [0.1, 0.15) is 22.9 Å². The van der Waals surface area contributed by atoms with Gasteiger partial charge >= 0.3 is 0 Å². The van der Waals surface area contributed by atoms with Crippen molar-refractivity contribution in [2.75, 3.05) is 36.6 Å². The SMILES string of the molecule is Cc1nc2c(F)cc(-c3nc(Nc4ccc(N5CCOC[C@H]5CO)cn4)ncc3F)cc2n1C(C)C. The second-order valence-corrected chi connectivity index (χ2v) is 8.97. The molecular weight excluding hydrogens is 468 g/mol. The molecule has 1 aliphatic rings. The number of hydrogen-bond donors (Lipinski definition) is 2. The molecule has 11 heteroatoms. The molecule has 1 saturated heterocycles. The number of benzene rings is 1. The summed E-state index contributed by atoms with van der Waals surface area (Å²) in [7, 11) is 0. The number of aromatic nitrogens is 5. The van der Waals surface area contributed by atoms with Crippen LogP contribution in [0.5, 0.6) is 0 Å². The lowest BCUT2D eigenvalue weighted by atomic mass is 10.1. The number of aliphatic hydroxyl groups is 1. The summed E-state index contributed by atoms with van der Waals surface area (Å²) in [6.07, 6.45) is 2.73. The summed E-state index contributed by atoms with van der Waals surface area (Å²) in [5.41, 5.74) is 1.93. The number of morpholine rings is 1. The van der Waals surface area contributed by atoms with E-state index in [1.807, 2.05) is 36.3 Å². The number of anilines is 3. The number of nitrogens with zero attached hydrogens (tertiary/aromatic N) is 6. The Morgan fingerprint density at radius 2 is 1.97 bits per heavy atom. The van der Waals surface area contributed by atoms with E-state index in [1.54, 1.807) is 18.3 Å². The first kappa shape index (κ1) is 24.0. The van der Waals surface area contributed by atoms with Crippen molar-refractivity contribution in [2.45, 2.75) is 32.9 Å². The zero-order valence-corrected chi connectivity index (χ0v) is 20.2. The number of rotatable bonds is 6. The number of aryl methyl sites for hydroxylation is 1. The van der Waals surface area contributed by atoms with Crippen LogP contribution in [0.4, 0.5) is 26.2 Å². The second-order valence-electron chi connectivity index (χ2n) is 8.97. The van der Waals surface area contributed by atoms with Gasteiger partial charge in [-0.15, -0.1) is 0 Å². The number of imidazole rings is 1. The summed E-state index contributed by atoms with van der Waals surface area (Å²) in [4.78, 5) is 19.1. The lowest BCUT2D eigenvalue weighted by Gasteiger charge is -2.36. The highest BCUT2D eigenvalue weighted by Crippen LogP contribution is 2.30. The van der Waals surface area contributed by atoms with Gasteiger partial charge in [0.15, 0.2) is 11.6 Å². The maximum Gasteiger partial charge on any atom is 0.229 e. The van der Waals surface area contributed by atoms with E-state index in [-0.39, 0.29) is 41.4 Å². The minimum atomic E-state index is -0.669. The molecule has 0 radical (unpaired) electrons. The molecule has 4 heterocycles. The summed E-state index contributed by atoms with van der Waals surface area (Å²) in [5, 5.41) is 12.6. The van der Waals surface area contributed by atoms with Gasteiger partial charge in [0.2, 0.25) is 5.95 Å². The molecule has 0 spiro atoms. The van der Waals surface area contributed by atoms with Gasteiger partial charge in [-0.05, 0) is 45.0 Å². The Morgan fingerprint density at radius 1 is 1.14 bits per heavy atom. The molecule has 2 N–H and O–H groups in total. The van der Waals surface area contributed by atoms with Crippen LogP contribution in [0.1, 0.15) is 25.7 Å². The van der Waals surface area contributed by atoms with E-state index in [2.05, 4.69) is 25.3 Å². The third-order valence-electron chi connectivity index (χ3n) is 6.22. The summed E-state index contributed by atoms with van der Waals surface area (Å²) >= 11 is 0. The molecule has 1 aliphatic heterocycles. The molecule has 3 aromatic heterocycles. The summed E-state index contributed by atoms with van der Waals surface area (Å²) in [6, 6.07) is 6.47. The van der Waals surface area contributed by atoms with E-state index < -0.39 is 11.6 Å². The quantitative estimate of drug-likeness (QED) is 0.414. The van der Waals surface area contributed by atoms with Crippen LogP contribution in [0, 0.1) is 18.6 Å². The van der Waals surface area contributed by atoms with Gasteiger partial charge in [-0.3, -0.25) is 0 Å². The average Bonchev–Trinajstić information content (AvgIpc) is 3.22. The van der Waals surface area contributed by atoms with E-state index in [4.69, 9.17) is 4.74 Å². The van der Waals surface area contributed by atoms with Crippen LogP contribution in [-0.2, 0) is 4.74 Å². The number of ether oxygens (including phenoxy) is 1. The topological polar surface area (TPSA) is 101 Å². The Morgan fingerprint density at radius 3 is 2.69 bits per heavy atom. The van der Waals surface area contributed by atoms with Crippen LogP contribution in [0.2, 0.25) is 0 Å². The molecular formula is C25H27F2N7O2. The molecule has 1 fully saturated rings. The fourth-order valence-corrected chi connectivity index (χ4v) is 4.58. The largest absolute Gasteiger partial charge is 0.394 e. The number of fused-ring (bicyclic) bond motifs is 1. The first-order chi connectivity index (χ1) is 17.4. The third-order valence-corrected chi connectivity index (χ3v) is 6.22. The number of nitrogens with one attached hydrogen (secondary N) is 1. The minimum absolute atomic E-state index is 0.0178.